The van der Waals surface area contributed by atoms with Gasteiger partial charge in [0.15, 0.2) is 0 Å². The van der Waals surface area contributed by atoms with Crippen molar-refractivity contribution in [2.75, 3.05) is 13.2 Å². The lowest BCUT2D eigenvalue weighted by Gasteiger charge is -2.25. The highest BCUT2D eigenvalue weighted by Gasteiger charge is 2.32. The molecular formula is C39H44N4O6. The molecule has 0 saturated heterocycles. The van der Waals surface area contributed by atoms with E-state index in [-0.39, 0.29) is 47.0 Å². The Balaban J connectivity index is 1.30. The molecule has 4 aromatic heterocycles. The molecule has 10 nitrogen and oxygen atoms in total. The molecule has 49 heavy (non-hydrogen) atoms. The molecule has 4 N–H and O–H groups in total. The number of fused-ring (bicyclic) bond motifs is 10. The van der Waals surface area contributed by atoms with E-state index in [0.29, 0.717) is 18.4 Å². The van der Waals surface area contributed by atoms with Gasteiger partial charge in [0.05, 0.1) is 24.3 Å². The van der Waals surface area contributed by atoms with Crippen LogP contribution in [0.1, 0.15) is 137 Å². The van der Waals surface area contributed by atoms with Crippen molar-refractivity contribution in [1.29, 1.82) is 0 Å². The van der Waals surface area contributed by atoms with E-state index in [2.05, 4.69) is 96.2 Å². The molecule has 1 aromatic carbocycles. The van der Waals surface area contributed by atoms with E-state index >= 15 is 0 Å². The van der Waals surface area contributed by atoms with Gasteiger partial charge < -0.3 is 19.9 Å². The zero-order valence-corrected chi connectivity index (χ0v) is 28.7. The van der Waals surface area contributed by atoms with Crippen LogP contribution >= 0.6 is 0 Å². The normalized spacial score (nSPS) is 21.2. The number of hydrogen-bond donors (Lipinski definition) is 4. The first-order valence-corrected chi connectivity index (χ1v) is 17.1. The molecule has 0 spiro atoms. The molecule has 3 aliphatic heterocycles. The Hall–Kier alpha value is -4.80. The van der Waals surface area contributed by atoms with Gasteiger partial charge in [0.2, 0.25) is 0 Å². The quantitative estimate of drug-likeness (QED) is 0.124. The van der Waals surface area contributed by atoms with E-state index in [9.17, 15) is 9.59 Å². The molecule has 0 amide bonds. The van der Waals surface area contributed by atoms with Crippen LogP contribution in [0.15, 0.2) is 66.7 Å². The largest absolute Gasteiger partial charge is 0.373 e. The van der Waals surface area contributed by atoms with Gasteiger partial charge in [-0.1, -0.05) is 0 Å². The number of aromatic nitrogens is 4. The van der Waals surface area contributed by atoms with Gasteiger partial charge in [0, 0.05) is 68.2 Å². The van der Waals surface area contributed by atoms with Crippen LogP contribution in [0.5, 0.6) is 0 Å². The lowest BCUT2D eigenvalue weighted by Crippen LogP contribution is -2.21. The van der Waals surface area contributed by atoms with E-state index in [0.717, 1.165) is 58.4 Å². The summed E-state index contributed by atoms with van der Waals surface area (Å²) in [6.07, 6.45) is 2.72. The molecule has 0 atom stereocenters. The maximum absolute atomic E-state index is 12.9. The number of hydrogen-bond acceptors (Lipinski definition) is 6. The Labute approximate surface area is 285 Å². The molecule has 10 heteroatoms. The fourth-order valence-corrected chi connectivity index (χ4v) is 7.16. The van der Waals surface area contributed by atoms with Gasteiger partial charge >= 0.3 is 11.9 Å². The molecule has 0 radical (unpaired) electrons. The number of carbonyl (C=O) groups excluding carboxylic acids is 2. The van der Waals surface area contributed by atoms with Gasteiger partial charge in [-0.3, -0.25) is 9.78 Å². The van der Waals surface area contributed by atoms with Crippen molar-refractivity contribution in [3.63, 3.8) is 0 Å². The van der Waals surface area contributed by atoms with Gasteiger partial charge in [-0.05, 0) is 133 Å². The highest BCUT2D eigenvalue weighted by molar-refractivity contribution is 5.95. The third-order valence-electron chi connectivity index (χ3n) is 10.3. The number of H-pyrrole nitrogens is 4. The average molecular weight is 665 g/mol. The van der Waals surface area contributed by atoms with Gasteiger partial charge in [-0.25, -0.2) is 9.59 Å². The van der Waals surface area contributed by atoms with Gasteiger partial charge in [-0.15, -0.1) is 0 Å². The minimum atomic E-state index is -0.684. The number of benzene rings is 1. The SMILES string of the molecule is Cc1cc2cc(c1)C(=O)OOCCCC1c3ccc([nH]3)C(C)(C)c3ccc([nH]3)C(CCCOOC2=O)c2ccc([nH]2)C(C)(C)c2ccc1[nH]2. The van der Waals surface area contributed by atoms with Crippen molar-refractivity contribution in [3.05, 3.63) is 129 Å². The van der Waals surface area contributed by atoms with Gasteiger partial charge in [0.1, 0.15) is 0 Å². The lowest BCUT2D eigenvalue weighted by molar-refractivity contribution is -0.241. The van der Waals surface area contributed by atoms with Crippen molar-refractivity contribution >= 4 is 11.9 Å². The summed E-state index contributed by atoms with van der Waals surface area (Å²) in [5, 5.41) is 0. The summed E-state index contributed by atoms with van der Waals surface area (Å²) in [6, 6.07) is 22.1. The molecule has 0 unspecified atom stereocenters. The molecule has 8 rings (SSSR count). The number of rotatable bonds is 0. The van der Waals surface area contributed by atoms with Gasteiger partial charge in [-0.2, -0.15) is 9.78 Å². The monoisotopic (exact) mass is 664 g/mol. The summed E-state index contributed by atoms with van der Waals surface area (Å²) < 4.78 is 0. The molecule has 7 heterocycles. The van der Waals surface area contributed by atoms with E-state index < -0.39 is 11.9 Å². The van der Waals surface area contributed by atoms with Crippen molar-refractivity contribution in [2.45, 2.75) is 83.0 Å². The fourth-order valence-electron chi connectivity index (χ4n) is 7.16. The van der Waals surface area contributed by atoms with E-state index in [1.165, 1.54) is 6.07 Å². The van der Waals surface area contributed by atoms with Crippen LogP contribution in [0.2, 0.25) is 0 Å². The molecule has 3 aliphatic rings. The topological polar surface area (TPSA) is 134 Å². The fraction of sp³-hybridized carbons (Fsp3) is 0.385. The first-order valence-electron chi connectivity index (χ1n) is 17.1. The molecule has 12 bridgehead atoms. The van der Waals surface area contributed by atoms with Crippen molar-refractivity contribution in [2.24, 2.45) is 0 Å². The first kappa shape index (κ1) is 32.7. The van der Waals surface area contributed by atoms with Crippen molar-refractivity contribution in [3.8, 4) is 0 Å². The maximum atomic E-state index is 12.9. The Morgan fingerprint density at radius 1 is 0.551 bits per heavy atom. The summed E-state index contributed by atoms with van der Waals surface area (Å²) in [5.74, 6) is -1.34. The summed E-state index contributed by atoms with van der Waals surface area (Å²) in [5.41, 5.74) is 9.22. The zero-order valence-electron chi connectivity index (χ0n) is 28.7. The van der Waals surface area contributed by atoms with Crippen molar-refractivity contribution < 1.29 is 29.1 Å². The molecule has 0 aliphatic carbocycles. The zero-order chi connectivity index (χ0) is 34.3. The Morgan fingerprint density at radius 2 is 0.898 bits per heavy atom. The third-order valence-corrected chi connectivity index (χ3v) is 10.3. The second-order valence-corrected chi connectivity index (χ2v) is 14.4. The lowest BCUT2D eigenvalue weighted by atomic mass is 9.86. The maximum Gasteiger partial charge on any atom is 0.373 e. The molecule has 256 valence electrons. The Morgan fingerprint density at radius 3 is 1.24 bits per heavy atom. The van der Waals surface area contributed by atoms with Crippen LogP contribution in [0.25, 0.3) is 0 Å². The minimum Gasteiger partial charge on any atom is -0.361 e. The van der Waals surface area contributed by atoms with Crippen LogP contribution in [0, 0.1) is 6.92 Å². The van der Waals surface area contributed by atoms with E-state index in [1.54, 1.807) is 19.1 Å². The van der Waals surface area contributed by atoms with E-state index in [4.69, 9.17) is 19.6 Å². The molecule has 0 saturated carbocycles. The highest BCUT2D eigenvalue weighted by atomic mass is 17.2. The highest BCUT2D eigenvalue weighted by Crippen LogP contribution is 2.39. The second kappa shape index (κ2) is 12.9. The smallest absolute Gasteiger partial charge is 0.361 e. The average Bonchev–Trinajstić information content (AvgIpc) is 3.90. The summed E-state index contributed by atoms with van der Waals surface area (Å²) in [4.78, 5) is 62.0. The summed E-state index contributed by atoms with van der Waals surface area (Å²) in [7, 11) is 0. The number of nitrogens with one attached hydrogen (secondary N) is 4. The molecule has 5 aromatic rings. The molecular weight excluding hydrogens is 620 g/mol. The van der Waals surface area contributed by atoms with Crippen LogP contribution in [0.4, 0.5) is 0 Å². The third kappa shape index (κ3) is 6.38. The number of aromatic amines is 4. The molecule has 0 fully saturated rings. The van der Waals surface area contributed by atoms with E-state index in [1.807, 2.05) is 0 Å². The second-order valence-electron chi connectivity index (χ2n) is 14.4. The number of aryl methyl sites for hydroxylation is 1. The van der Waals surface area contributed by atoms with Crippen LogP contribution in [-0.4, -0.2) is 45.1 Å². The van der Waals surface area contributed by atoms with Crippen LogP contribution in [-0.2, 0) is 30.4 Å². The Kier molecular flexibility index (Phi) is 8.62. The minimum absolute atomic E-state index is 0.0159. The van der Waals surface area contributed by atoms with Crippen molar-refractivity contribution in [1.82, 2.24) is 19.9 Å². The van der Waals surface area contributed by atoms with Gasteiger partial charge in [0.25, 0.3) is 0 Å². The Bertz CT molecular complexity index is 1750. The predicted molar refractivity (Wildman–Crippen MR) is 183 cm³/mol. The summed E-state index contributed by atoms with van der Waals surface area (Å²) >= 11 is 0. The van der Waals surface area contributed by atoms with Crippen LogP contribution < -0.4 is 0 Å². The van der Waals surface area contributed by atoms with Crippen LogP contribution in [0.3, 0.4) is 0 Å². The number of carbonyl (C=O) groups is 2. The predicted octanol–water partition coefficient (Wildman–Crippen LogP) is 7.99. The summed E-state index contributed by atoms with van der Waals surface area (Å²) in [6.45, 7) is 11.1. The first-order chi connectivity index (χ1) is 23.5. The standard InChI is InChI=1S/C39H44N4O6/c1-23-20-24-22-25(21-23)37(45)49-47-19-7-9-27-29-11-15-33(41-29)38(2,3)32-14-10-28(40-32)26(8-6-18-46-48-36(24)44)30-12-16-34(42-30)39(4,5)35-17-13-31(27)43-35/h10-17,20-22,26-27,40-43H,6-9,18-19H2,1-5H3.